The molecule has 110 valence electrons. The van der Waals surface area contributed by atoms with Gasteiger partial charge in [0.05, 0.1) is 12.7 Å². The van der Waals surface area contributed by atoms with Crippen LogP contribution < -0.4 is 4.74 Å². The summed E-state index contributed by atoms with van der Waals surface area (Å²) in [4.78, 5) is 22.1. The van der Waals surface area contributed by atoms with Crippen LogP contribution in [0, 0.1) is 0 Å². The van der Waals surface area contributed by atoms with Crippen LogP contribution in [0.5, 0.6) is 5.88 Å². The number of piperidine rings is 1. The van der Waals surface area contributed by atoms with Gasteiger partial charge < -0.3 is 9.64 Å². The normalized spacial score (nSPS) is 18.5. The van der Waals surface area contributed by atoms with E-state index in [1.807, 2.05) is 11.0 Å². The second-order valence-electron chi connectivity index (χ2n) is 4.97. The minimum atomic E-state index is -0.0305. The molecule has 7 nitrogen and oxygen atoms in total. The van der Waals surface area contributed by atoms with Gasteiger partial charge in [0.2, 0.25) is 11.8 Å². The monoisotopic (exact) mass is 287 g/mol. The zero-order valence-electron chi connectivity index (χ0n) is 11.6. The van der Waals surface area contributed by atoms with E-state index in [0.717, 1.165) is 19.4 Å². The van der Waals surface area contributed by atoms with Crippen molar-refractivity contribution in [2.24, 2.45) is 0 Å². The Bertz CT molecular complexity index is 572. The summed E-state index contributed by atoms with van der Waals surface area (Å²) in [6.07, 6.45) is 10.1. The third-order valence-corrected chi connectivity index (χ3v) is 3.41. The van der Waals surface area contributed by atoms with E-state index >= 15 is 0 Å². The third kappa shape index (κ3) is 3.56. The van der Waals surface area contributed by atoms with Gasteiger partial charge >= 0.3 is 0 Å². The van der Waals surface area contributed by atoms with E-state index in [9.17, 15) is 4.79 Å². The molecule has 1 aliphatic heterocycles. The number of likely N-dealkylation sites (tertiary alicyclic amines) is 1. The zero-order valence-corrected chi connectivity index (χ0v) is 11.6. The van der Waals surface area contributed by atoms with Crippen LogP contribution in [0.1, 0.15) is 12.8 Å². The Labute approximate surface area is 122 Å². The van der Waals surface area contributed by atoms with Crippen molar-refractivity contribution in [2.75, 3.05) is 13.1 Å². The van der Waals surface area contributed by atoms with Gasteiger partial charge in [0, 0.05) is 31.3 Å². The lowest BCUT2D eigenvalue weighted by Crippen LogP contribution is -2.45. The average molecular weight is 287 g/mol. The molecule has 3 rings (SSSR count). The van der Waals surface area contributed by atoms with Crippen LogP contribution in [-0.4, -0.2) is 49.7 Å². The highest BCUT2D eigenvalue weighted by atomic mass is 16.5. The molecule has 2 aromatic rings. The van der Waals surface area contributed by atoms with E-state index in [2.05, 4.69) is 15.1 Å². The van der Waals surface area contributed by atoms with E-state index in [1.165, 1.54) is 0 Å². The first kappa shape index (κ1) is 13.5. The molecule has 0 saturated carbocycles. The van der Waals surface area contributed by atoms with Crippen LogP contribution in [0.4, 0.5) is 0 Å². The Morgan fingerprint density at radius 2 is 2.33 bits per heavy atom. The summed E-state index contributed by atoms with van der Waals surface area (Å²) in [5.41, 5.74) is 0. The van der Waals surface area contributed by atoms with Crippen LogP contribution in [0.15, 0.2) is 37.1 Å². The van der Waals surface area contributed by atoms with E-state index in [4.69, 9.17) is 4.74 Å². The molecule has 0 N–H and O–H groups in total. The van der Waals surface area contributed by atoms with E-state index in [0.29, 0.717) is 12.4 Å². The Morgan fingerprint density at radius 3 is 3.10 bits per heavy atom. The van der Waals surface area contributed by atoms with Crippen molar-refractivity contribution in [2.45, 2.75) is 25.5 Å². The summed E-state index contributed by atoms with van der Waals surface area (Å²) in [5.74, 6) is 0.565. The standard InChI is InChI=1S/C14H17N5O2/c20-14(11-19-8-2-4-17-19)18-7-1-3-12(10-18)21-13-9-15-5-6-16-13/h2,4-6,8-9,12H,1,3,7,10-11H2/t12-/m1/s1. The average Bonchev–Trinajstić information content (AvgIpc) is 3.01. The van der Waals surface area contributed by atoms with Crippen molar-refractivity contribution < 1.29 is 9.53 Å². The minimum absolute atomic E-state index is 0.0305. The predicted octanol–water partition coefficient (Wildman–Crippen LogP) is 0.743. The molecule has 7 heteroatoms. The Hall–Kier alpha value is -2.44. The zero-order chi connectivity index (χ0) is 14.5. The summed E-state index contributed by atoms with van der Waals surface area (Å²) in [5, 5.41) is 4.06. The van der Waals surface area contributed by atoms with Crippen molar-refractivity contribution in [3.05, 3.63) is 37.1 Å². The largest absolute Gasteiger partial charge is 0.471 e. The lowest BCUT2D eigenvalue weighted by molar-refractivity contribution is -0.134. The van der Waals surface area contributed by atoms with Gasteiger partial charge in [-0.25, -0.2) is 4.98 Å². The van der Waals surface area contributed by atoms with Gasteiger partial charge in [-0.2, -0.15) is 5.10 Å². The van der Waals surface area contributed by atoms with Crippen LogP contribution in [0.3, 0.4) is 0 Å². The summed E-state index contributed by atoms with van der Waals surface area (Å²) in [6.45, 7) is 1.61. The molecular formula is C14H17N5O2. The minimum Gasteiger partial charge on any atom is -0.471 e. The molecule has 0 aliphatic carbocycles. The molecule has 1 fully saturated rings. The quantitative estimate of drug-likeness (QED) is 0.829. The molecular weight excluding hydrogens is 270 g/mol. The first-order valence-corrected chi connectivity index (χ1v) is 6.99. The van der Waals surface area contributed by atoms with E-state index in [-0.39, 0.29) is 18.6 Å². The fourth-order valence-electron chi connectivity index (χ4n) is 2.41. The molecule has 0 bridgehead atoms. The maximum atomic E-state index is 12.2. The van der Waals surface area contributed by atoms with Gasteiger partial charge in [-0.1, -0.05) is 0 Å². The summed E-state index contributed by atoms with van der Waals surface area (Å²) >= 11 is 0. The number of rotatable bonds is 4. The van der Waals surface area contributed by atoms with Crippen molar-refractivity contribution in [3.63, 3.8) is 0 Å². The second kappa shape index (κ2) is 6.34. The first-order chi connectivity index (χ1) is 10.3. The van der Waals surface area contributed by atoms with Gasteiger partial charge in [0.25, 0.3) is 0 Å². The van der Waals surface area contributed by atoms with Crippen molar-refractivity contribution >= 4 is 5.91 Å². The molecule has 0 radical (unpaired) electrons. The second-order valence-corrected chi connectivity index (χ2v) is 4.97. The number of nitrogens with zero attached hydrogens (tertiary/aromatic N) is 5. The molecule has 1 saturated heterocycles. The predicted molar refractivity (Wildman–Crippen MR) is 74.5 cm³/mol. The number of hydrogen-bond donors (Lipinski definition) is 0. The fourth-order valence-corrected chi connectivity index (χ4v) is 2.41. The number of amides is 1. The number of carbonyl (C=O) groups excluding carboxylic acids is 1. The number of aromatic nitrogens is 4. The highest BCUT2D eigenvalue weighted by molar-refractivity contribution is 5.76. The van der Waals surface area contributed by atoms with Gasteiger partial charge in [-0.05, 0) is 18.9 Å². The molecule has 0 unspecified atom stereocenters. The van der Waals surface area contributed by atoms with Crippen molar-refractivity contribution in [3.8, 4) is 5.88 Å². The smallest absolute Gasteiger partial charge is 0.244 e. The van der Waals surface area contributed by atoms with Crippen molar-refractivity contribution in [1.29, 1.82) is 0 Å². The van der Waals surface area contributed by atoms with Gasteiger partial charge in [0.1, 0.15) is 12.6 Å². The topological polar surface area (TPSA) is 73.1 Å². The van der Waals surface area contributed by atoms with Gasteiger partial charge in [-0.15, -0.1) is 0 Å². The molecule has 1 aliphatic rings. The van der Waals surface area contributed by atoms with E-state index in [1.54, 1.807) is 35.7 Å². The summed E-state index contributed by atoms with van der Waals surface area (Å²) < 4.78 is 7.42. The molecule has 0 aromatic carbocycles. The fraction of sp³-hybridized carbons (Fsp3) is 0.429. The Kier molecular flexibility index (Phi) is 4.09. The van der Waals surface area contributed by atoms with Crippen LogP contribution in [0.2, 0.25) is 0 Å². The molecule has 21 heavy (non-hydrogen) atoms. The first-order valence-electron chi connectivity index (χ1n) is 6.99. The highest BCUT2D eigenvalue weighted by Gasteiger charge is 2.25. The maximum Gasteiger partial charge on any atom is 0.244 e. The SMILES string of the molecule is O=C(Cn1cccn1)N1CCC[C@@H](Oc2cnccn2)C1. The van der Waals surface area contributed by atoms with Gasteiger partial charge in [0.15, 0.2) is 0 Å². The van der Waals surface area contributed by atoms with Crippen LogP contribution >= 0.6 is 0 Å². The van der Waals surface area contributed by atoms with Crippen LogP contribution in [-0.2, 0) is 11.3 Å². The molecule has 1 atom stereocenters. The number of ether oxygens (including phenoxy) is 1. The summed E-state index contributed by atoms with van der Waals surface area (Å²) in [6, 6.07) is 1.81. The van der Waals surface area contributed by atoms with E-state index < -0.39 is 0 Å². The van der Waals surface area contributed by atoms with Gasteiger partial charge in [-0.3, -0.25) is 14.5 Å². The van der Waals surface area contributed by atoms with Crippen molar-refractivity contribution in [1.82, 2.24) is 24.6 Å². The lowest BCUT2D eigenvalue weighted by atomic mass is 10.1. The number of carbonyl (C=O) groups is 1. The Balaban J connectivity index is 1.56. The summed E-state index contributed by atoms with van der Waals surface area (Å²) in [7, 11) is 0. The molecule has 0 spiro atoms. The maximum absolute atomic E-state index is 12.2. The lowest BCUT2D eigenvalue weighted by Gasteiger charge is -2.32. The molecule has 3 heterocycles. The van der Waals surface area contributed by atoms with Crippen LogP contribution in [0.25, 0.3) is 0 Å². The molecule has 2 aromatic heterocycles. The highest BCUT2D eigenvalue weighted by Crippen LogP contribution is 2.16. The molecule has 1 amide bonds. The third-order valence-electron chi connectivity index (χ3n) is 3.41. The number of hydrogen-bond acceptors (Lipinski definition) is 5. The Morgan fingerprint density at radius 1 is 1.38 bits per heavy atom.